The Balaban J connectivity index is 1.59. The van der Waals surface area contributed by atoms with Crippen LogP contribution in [0.4, 0.5) is 13.2 Å². The largest absolute Gasteiger partial charge is 0.418 e. The number of aromatic amines is 1. The third kappa shape index (κ3) is 2.98. The zero-order chi connectivity index (χ0) is 19.3. The van der Waals surface area contributed by atoms with E-state index < -0.39 is 11.7 Å². The number of hydrogen-bond acceptors (Lipinski definition) is 4. The van der Waals surface area contributed by atoms with Crippen LogP contribution in [0.5, 0.6) is 0 Å². The molecule has 2 aliphatic rings. The van der Waals surface area contributed by atoms with Gasteiger partial charge in [0.2, 0.25) is 0 Å². The molecule has 0 aromatic carbocycles. The van der Waals surface area contributed by atoms with Gasteiger partial charge in [-0.3, -0.25) is 4.68 Å². The van der Waals surface area contributed by atoms with Gasteiger partial charge >= 0.3 is 6.18 Å². The van der Waals surface area contributed by atoms with Gasteiger partial charge in [-0.05, 0) is 25.0 Å². The second-order valence-corrected chi connectivity index (χ2v) is 7.30. The number of halogens is 3. The number of aromatic nitrogens is 4. The molecule has 148 valence electrons. The number of alkyl halides is 3. The zero-order valence-electron chi connectivity index (χ0n) is 15.0. The lowest BCUT2D eigenvalue weighted by Crippen LogP contribution is -2.16. The lowest BCUT2D eigenvalue weighted by Gasteiger charge is -2.16. The first-order valence-corrected chi connectivity index (χ1v) is 9.30. The third-order valence-electron chi connectivity index (χ3n) is 5.50. The van der Waals surface area contributed by atoms with Crippen molar-refractivity contribution in [2.75, 3.05) is 26.4 Å². The highest BCUT2D eigenvalue weighted by molar-refractivity contribution is 5.84. The quantitative estimate of drug-likeness (QED) is 0.734. The molecule has 0 radical (unpaired) electrons. The van der Waals surface area contributed by atoms with Gasteiger partial charge in [0.25, 0.3) is 0 Å². The number of fused-ring (bicyclic) bond motifs is 1. The van der Waals surface area contributed by atoms with Gasteiger partial charge < -0.3 is 14.5 Å². The Bertz CT molecular complexity index is 965. The number of pyridine rings is 1. The van der Waals surface area contributed by atoms with Gasteiger partial charge in [0.15, 0.2) is 0 Å². The van der Waals surface area contributed by atoms with E-state index in [4.69, 9.17) is 14.6 Å². The molecule has 3 aromatic rings. The summed E-state index contributed by atoms with van der Waals surface area (Å²) in [5.41, 5.74) is 1.73. The summed E-state index contributed by atoms with van der Waals surface area (Å²) in [5.74, 6) is 0.233. The maximum absolute atomic E-state index is 13.3. The van der Waals surface area contributed by atoms with Crippen molar-refractivity contribution in [2.45, 2.75) is 31.0 Å². The number of ether oxygens (including phenoxy) is 2. The van der Waals surface area contributed by atoms with E-state index in [9.17, 15) is 13.2 Å². The Morgan fingerprint density at radius 2 is 1.93 bits per heavy atom. The number of hydrogen-bond donors (Lipinski definition) is 1. The van der Waals surface area contributed by atoms with E-state index in [0.717, 1.165) is 24.7 Å². The first kappa shape index (κ1) is 17.7. The smallest absolute Gasteiger partial charge is 0.381 e. The second-order valence-electron chi connectivity index (χ2n) is 7.30. The van der Waals surface area contributed by atoms with Crippen molar-refractivity contribution in [2.24, 2.45) is 0 Å². The van der Waals surface area contributed by atoms with Crippen LogP contribution in [0.3, 0.4) is 0 Å². The molecule has 0 saturated carbocycles. The van der Waals surface area contributed by atoms with E-state index in [0.29, 0.717) is 37.7 Å². The summed E-state index contributed by atoms with van der Waals surface area (Å²) < 4.78 is 52.8. The highest BCUT2D eigenvalue weighted by atomic mass is 19.4. The number of H-pyrrole nitrogens is 1. The molecule has 1 N–H and O–H groups in total. The molecule has 0 spiro atoms. The van der Waals surface area contributed by atoms with Crippen molar-refractivity contribution in [3.8, 4) is 11.3 Å². The minimum Gasteiger partial charge on any atom is -0.381 e. The van der Waals surface area contributed by atoms with Crippen LogP contribution in [-0.4, -0.2) is 46.2 Å². The summed E-state index contributed by atoms with van der Waals surface area (Å²) in [6.07, 6.45) is -0.143. The summed E-state index contributed by atoms with van der Waals surface area (Å²) >= 11 is 0. The fraction of sp³-hybridized carbons (Fsp3) is 0.474. The SMILES string of the molecule is FC(F)(F)c1c[nH]c2ncc(-c3cc([C@@H]4CCOC4)n([C@H]4CCOC4)n3)cc12. The van der Waals surface area contributed by atoms with E-state index in [1.54, 1.807) is 6.20 Å². The fourth-order valence-electron chi connectivity index (χ4n) is 4.01. The summed E-state index contributed by atoms with van der Waals surface area (Å²) in [5, 5.41) is 4.79. The monoisotopic (exact) mass is 392 g/mol. The van der Waals surface area contributed by atoms with E-state index in [1.165, 1.54) is 6.07 Å². The first-order valence-electron chi connectivity index (χ1n) is 9.30. The van der Waals surface area contributed by atoms with Crippen molar-refractivity contribution < 1.29 is 22.6 Å². The lowest BCUT2D eigenvalue weighted by molar-refractivity contribution is -0.136. The molecule has 2 saturated heterocycles. The maximum Gasteiger partial charge on any atom is 0.418 e. The van der Waals surface area contributed by atoms with Gasteiger partial charge in [-0.2, -0.15) is 18.3 Å². The van der Waals surface area contributed by atoms with E-state index in [1.807, 2.05) is 10.7 Å². The molecule has 9 heteroatoms. The Morgan fingerprint density at radius 3 is 2.64 bits per heavy atom. The normalized spacial score (nSPS) is 23.1. The predicted octanol–water partition coefficient (Wildman–Crippen LogP) is 3.91. The topological polar surface area (TPSA) is 65.0 Å². The van der Waals surface area contributed by atoms with Gasteiger partial charge in [-0.25, -0.2) is 4.98 Å². The molecule has 0 unspecified atom stereocenters. The molecular formula is C19H19F3N4O2. The zero-order valence-corrected chi connectivity index (χ0v) is 15.0. The van der Waals surface area contributed by atoms with Crippen LogP contribution in [0.25, 0.3) is 22.3 Å². The average molecular weight is 392 g/mol. The maximum atomic E-state index is 13.3. The summed E-state index contributed by atoms with van der Waals surface area (Å²) in [6, 6.07) is 3.61. The van der Waals surface area contributed by atoms with Crippen LogP contribution in [0, 0.1) is 0 Å². The first-order chi connectivity index (χ1) is 13.5. The Kier molecular flexibility index (Phi) is 4.17. The highest BCUT2D eigenvalue weighted by Gasteiger charge is 2.34. The van der Waals surface area contributed by atoms with Crippen molar-refractivity contribution >= 4 is 11.0 Å². The summed E-state index contributed by atoms with van der Waals surface area (Å²) in [6.45, 7) is 2.62. The molecule has 3 aromatic heterocycles. The third-order valence-corrected chi connectivity index (χ3v) is 5.50. The van der Waals surface area contributed by atoms with Crippen molar-refractivity contribution in [3.63, 3.8) is 0 Å². The molecule has 2 fully saturated rings. The Morgan fingerprint density at radius 1 is 1.11 bits per heavy atom. The van der Waals surface area contributed by atoms with Gasteiger partial charge in [0.05, 0.1) is 30.5 Å². The molecular weight excluding hydrogens is 373 g/mol. The minimum atomic E-state index is -4.44. The van der Waals surface area contributed by atoms with Crippen LogP contribution in [0.1, 0.15) is 36.1 Å². The standard InChI is InChI=1S/C19H19F3N4O2/c20-19(21,22)15-8-24-18-14(15)5-12(7-23-18)16-6-17(11-1-3-27-9-11)26(25-16)13-2-4-28-10-13/h5-8,11,13H,1-4,9-10H2,(H,23,24)/t11-,13+/m1/s1. The molecule has 6 nitrogen and oxygen atoms in total. The van der Waals surface area contributed by atoms with Gasteiger partial charge in [0, 0.05) is 48.2 Å². The van der Waals surface area contributed by atoms with Crippen molar-refractivity contribution in [1.29, 1.82) is 0 Å². The average Bonchev–Trinajstić information content (AvgIpc) is 3.46. The fourth-order valence-corrected chi connectivity index (χ4v) is 4.01. The molecule has 0 amide bonds. The molecule has 5 heterocycles. The highest BCUT2D eigenvalue weighted by Crippen LogP contribution is 2.37. The molecule has 2 atom stereocenters. The van der Waals surface area contributed by atoms with Crippen LogP contribution in [-0.2, 0) is 15.7 Å². The Hall–Kier alpha value is -2.39. The lowest BCUT2D eigenvalue weighted by atomic mass is 10.0. The van der Waals surface area contributed by atoms with Crippen LogP contribution in [0.2, 0.25) is 0 Å². The van der Waals surface area contributed by atoms with Crippen LogP contribution in [0.15, 0.2) is 24.5 Å². The molecule has 2 aliphatic heterocycles. The minimum absolute atomic E-state index is 0.0505. The van der Waals surface area contributed by atoms with E-state index in [-0.39, 0.29) is 23.0 Å². The van der Waals surface area contributed by atoms with Crippen molar-refractivity contribution in [3.05, 3.63) is 35.8 Å². The van der Waals surface area contributed by atoms with Gasteiger partial charge in [-0.1, -0.05) is 0 Å². The Labute approximate surface area is 158 Å². The molecule has 0 aliphatic carbocycles. The predicted molar refractivity (Wildman–Crippen MR) is 95.0 cm³/mol. The molecule has 0 bridgehead atoms. The van der Waals surface area contributed by atoms with Gasteiger partial charge in [-0.15, -0.1) is 0 Å². The number of rotatable bonds is 3. The summed E-state index contributed by atoms with van der Waals surface area (Å²) in [7, 11) is 0. The number of nitrogens with one attached hydrogen (secondary N) is 1. The van der Waals surface area contributed by atoms with Crippen LogP contribution >= 0.6 is 0 Å². The van der Waals surface area contributed by atoms with E-state index >= 15 is 0 Å². The summed E-state index contributed by atoms with van der Waals surface area (Å²) in [4.78, 5) is 6.76. The molecule has 5 rings (SSSR count). The van der Waals surface area contributed by atoms with Crippen molar-refractivity contribution in [1.82, 2.24) is 19.7 Å². The van der Waals surface area contributed by atoms with Gasteiger partial charge in [0.1, 0.15) is 5.65 Å². The number of nitrogens with zero attached hydrogens (tertiary/aromatic N) is 3. The van der Waals surface area contributed by atoms with Crippen LogP contribution < -0.4 is 0 Å². The second kappa shape index (κ2) is 6.59. The van der Waals surface area contributed by atoms with E-state index in [2.05, 4.69) is 9.97 Å². The molecule has 28 heavy (non-hydrogen) atoms.